The quantitative estimate of drug-likeness (QED) is 0.544. The summed E-state index contributed by atoms with van der Waals surface area (Å²) in [5, 5.41) is 0. The lowest BCUT2D eigenvalue weighted by molar-refractivity contribution is 0.196. The average molecular weight is 197 g/mol. The maximum Gasteiger partial charge on any atom is 0.409 e. The number of rotatable bonds is 5. The highest BCUT2D eigenvalue weighted by atomic mass is 16.5. The number of hydrogen-bond donors (Lipinski definition) is 1. The van der Waals surface area contributed by atoms with Gasteiger partial charge in [0.1, 0.15) is 0 Å². The molecule has 1 unspecified atom stereocenters. The molecular weight excluding hydrogens is 178 g/mol. The van der Waals surface area contributed by atoms with Gasteiger partial charge in [-0.05, 0) is 38.7 Å². The standard InChI is InChI=1S/C11H19NO2/c1-9(2)5-4-6-10(3)7-8-14-11(12)13/h5,7-8,10H,4,6H2,1-3H3,(H2,12,13). The Labute approximate surface area is 85.6 Å². The number of amides is 1. The molecule has 0 fully saturated rings. The van der Waals surface area contributed by atoms with Crippen molar-refractivity contribution in [1.29, 1.82) is 0 Å². The van der Waals surface area contributed by atoms with Crippen LogP contribution in [0, 0.1) is 5.92 Å². The van der Waals surface area contributed by atoms with Gasteiger partial charge >= 0.3 is 6.09 Å². The summed E-state index contributed by atoms with van der Waals surface area (Å²) in [6.07, 6.45) is 6.71. The van der Waals surface area contributed by atoms with Crippen LogP contribution in [0.1, 0.15) is 33.6 Å². The number of hydrogen-bond acceptors (Lipinski definition) is 2. The summed E-state index contributed by atoms with van der Waals surface area (Å²) < 4.78 is 4.48. The lowest BCUT2D eigenvalue weighted by Crippen LogP contribution is -2.09. The first-order valence-corrected chi connectivity index (χ1v) is 4.78. The van der Waals surface area contributed by atoms with E-state index in [1.807, 2.05) is 6.08 Å². The number of primary amides is 1. The van der Waals surface area contributed by atoms with Crippen molar-refractivity contribution < 1.29 is 9.53 Å². The average Bonchev–Trinajstić information content (AvgIpc) is 2.02. The lowest BCUT2D eigenvalue weighted by Gasteiger charge is -2.02. The van der Waals surface area contributed by atoms with Gasteiger partial charge in [0.15, 0.2) is 0 Å². The minimum Gasteiger partial charge on any atom is -0.419 e. The van der Waals surface area contributed by atoms with Gasteiger partial charge in [-0.25, -0.2) is 4.79 Å². The number of ether oxygens (including phenoxy) is 1. The molecular formula is C11H19NO2. The van der Waals surface area contributed by atoms with Crippen LogP contribution in [-0.2, 0) is 4.74 Å². The van der Waals surface area contributed by atoms with Gasteiger partial charge in [0.05, 0.1) is 6.26 Å². The highest BCUT2D eigenvalue weighted by molar-refractivity contribution is 5.65. The Morgan fingerprint density at radius 2 is 2.14 bits per heavy atom. The Morgan fingerprint density at radius 3 is 2.64 bits per heavy atom. The maximum atomic E-state index is 10.2. The van der Waals surface area contributed by atoms with Gasteiger partial charge in [0, 0.05) is 0 Å². The summed E-state index contributed by atoms with van der Waals surface area (Å²) >= 11 is 0. The molecule has 0 aliphatic rings. The highest BCUT2D eigenvalue weighted by Crippen LogP contribution is 2.08. The molecule has 0 heterocycles. The zero-order valence-corrected chi connectivity index (χ0v) is 9.12. The van der Waals surface area contributed by atoms with Crippen LogP contribution >= 0.6 is 0 Å². The molecule has 1 amide bonds. The summed E-state index contributed by atoms with van der Waals surface area (Å²) in [5.41, 5.74) is 6.12. The van der Waals surface area contributed by atoms with Crippen molar-refractivity contribution in [2.24, 2.45) is 11.7 Å². The molecule has 0 rings (SSSR count). The molecule has 0 spiro atoms. The SMILES string of the molecule is CC(C)=CCCC(C)C=COC(N)=O. The molecule has 0 bridgehead atoms. The fourth-order valence-electron chi connectivity index (χ4n) is 0.972. The summed E-state index contributed by atoms with van der Waals surface area (Å²) in [6, 6.07) is 0. The first-order valence-electron chi connectivity index (χ1n) is 4.78. The van der Waals surface area contributed by atoms with Crippen molar-refractivity contribution in [2.75, 3.05) is 0 Å². The lowest BCUT2D eigenvalue weighted by atomic mass is 10.1. The van der Waals surface area contributed by atoms with E-state index in [9.17, 15) is 4.79 Å². The Balaban J connectivity index is 3.64. The van der Waals surface area contributed by atoms with Gasteiger partial charge < -0.3 is 10.5 Å². The third kappa shape index (κ3) is 8.84. The van der Waals surface area contributed by atoms with Gasteiger partial charge in [-0.2, -0.15) is 0 Å². The van der Waals surface area contributed by atoms with Gasteiger partial charge in [0.25, 0.3) is 0 Å². The first kappa shape index (κ1) is 12.8. The molecule has 3 nitrogen and oxygen atoms in total. The van der Waals surface area contributed by atoms with Crippen molar-refractivity contribution in [3.8, 4) is 0 Å². The normalized spacial score (nSPS) is 12.5. The highest BCUT2D eigenvalue weighted by Gasteiger charge is 1.95. The zero-order chi connectivity index (χ0) is 11.0. The van der Waals surface area contributed by atoms with Crippen LogP contribution in [0.15, 0.2) is 24.0 Å². The Bertz CT molecular complexity index is 227. The summed E-state index contributed by atoms with van der Waals surface area (Å²) in [6.45, 7) is 6.23. The number of carbonyl (C=O) groups is 1. The Kier molecular flexibility index (Phi) is 6.54. The van der Waals surface area contributed by atoms with E-state index in [1.165, 1.54) is 11.8 Å². The summed E-state index contributed by atoms with van der Waals surface area (Å²) in [4.78, 5) is 10.2. The number of carbonyl (C=O) groups excluding carboxylic acids is 1. The molecule has 14 heavy (non-hydrogen) atoms. The molecule has 2 N–H and O–H groups in total. The second-order valence-electron chi connectivity index (χ2n) is 3.60. The predicted octanol–water partition coefficient (Wildman–Crippen LogP) is 2.98. The number of allylic oxidation sites excluding steroid dienone is 3. The molecule has 0 aromatic heterocycles. The van der Waals surface area contributed by atoms with Crippen molar-refractivity contribution in [1.82, 2.24) is 0 Å². The van der Waals surface area contributed by atoms with E-state index < -0.39 is 6.09 Å². The molecule has 0 aromatic carbocycles. The van der Waals surface area contributed by atoms with Crippen molar-refractivity contribution in [2.45, 2.75) is 33.6 Å². The van der Waals surface area contributed by atoms with Crippen LogP contribution in [0.2, 0.25) is 0 Å². The second kappa shape index (κ2) is 7.18. The maximum absolute atomic E-state index is 10.2. The van der Waals surface area contributed by atoms with Gasteiger partial charge in [-0.3, -0.25) is 0 Å². The molecule has 0 saturated carbocycles. The monoisotopic (exact) mass is 197 g/mol. The van der Waals surface area contributed by atoms with E-state index in [1.54, 1.807) is 0 Å². The van der Waals surface area contributed by atoms with Crippen LogP contribution in [0.25, 0.3) is 0 Å². The van der Waals surface area contributed by atoms with Gasteiger partial charge in [-0.1, -0.05) is 18.6 Å². The Morgan fingerprint density at radius 1 is 1.50 bits per heavy atom. The van der Waals surface area contributed by atoms with E-state index in [0.29, 0.717) is 5.92 Å². The molecule has 0 radical (unpaired) electrons. The van der Waals surface area contributed by atoms with Crippen LogP contribution < -0.4 is 5.73 Å². The van der Waals surface area contributed by atoms with Crippen LogP contribution in [0.3, 0.4) is 0 Å². The Hall–Kier alpha value is -1.25. The van der Waals surface area contributed by atoms with Crippen molar-refractivity contribution in [3.63, 3.8) is 0 Å². The summed E-state index contributed by atoms with van der Waals surface area (Å²) in [5.74, 6) is 0.393. The fraction of sp³-hybridized carbons (Fsp3) is 0.545. The molecule has 0 aliphatic heterocycles. The second-order valence-corrected chi connectivity index (χ2v) is 3.60. The van der Waals surface area contributed by atoms with E-state index in [-0.39, 0.29) is 0 Å². The molecule has 0 aliphatic carbocycles. The third-order valence-electron chi connectivity index (χ3n) is 1.77. The first-order chi connectivity index (χ1) is 6.52. The van der Waals surface area contributed by atoms with E-state index in [0.717, 1.165) is 12.8 Å². The van der Waals surface area contributed by atoms with E-state index >= 15 is 0 Å². The molecule has 1 atom stereocenters. The number of nitrogens with two attached hydrogens (primary N) is 1. The summed E-state index contributed by atoms with van der Waals surface area (Å²) in [7, 11) is 0. The molecule has 80 valence electrons. The minimum atomic E-state index is -0.766. The van der Waals surface area contributed by atoms with Crippen molar-refractivity contribution >= 4 is 6.09 Å². The zero-order valence-electron chi connectivity index (χ0n) is 9.12. The fourth-order valence-corrected chi connectivity index (χ4v) is 0.972. The molecule has 0 saturated heterocycles. The van der Waals surface area contributed by atoms with E-state index in [2.05, 4.69) is 31.6 Å². The minimum absolute atomic E-state index is 0.393. The van der Waals surface area contributed by atoms with Crippen molar-refractivity contribution in [3.05, 3.63) is 24.0 Å². The molecule has 0 aromatic rings. The predicted molar refractivity (Wildman–Crippen MR) is 57.6 cm³/mol. The molecule has 3 heteroatoms. The smallest absolute Gasteiger partial charge is 0.409 e. The van der Waals surface area contributed by atoms with Crippen LogP contribution in [0.4, 0.5) is 4.79 Å². The van der Waals surface area contributed by atoms with Gasteiger partial charge in [0.2, 0.25) is 0 Å². The van der Waals surface area contributed by atoms with E-state index in [4.69, 9.17) is 5.73 Å². The third-order valence-corrected chi connectivity index (χ3v) is 1.77. The largest absolute Gasteiger partial charge is 0.419 e. The van der Waals surface area contributed by atoms with Crippen LogP contribution in [-0.4, -0.2) is 6.09 Å². The van der Waals surface area contributed by atoms with Gasteiger partial charge in [-0.15, -0.1) is 0 Å². The topological polar surface area (TPSA) is 52.3 Å². The van der Waals surface area contributed by atoms with Crippen LogP contribution in [0.5, 0.6) is 0 Å².